The van der Waals surface area contributed by atoms with Crippen LogP contribution in [0.5, 0.6) is 11.5 Å². The van der Waals surface area contributed by atoms with Crippen molar-refractivity contribution in [1.29, 1.82) is 0 Å². The fourth-order valence-corrected chi connectivity index (χ4v) is 2.42. The lowest BCUT2D eigenvalue weighted by Crippen LogP contribution is -2.40. The Hall–Kier alpha value is -1.52. The number of nitrogens with one attached hydrogen (secondary N) is 1. The molecule has 0 saturated carbocycles. The maximum Gasteiger partial charge on any atom is 0.415 e. The van der Waals surface area contributed by atoms with Crippen molar-refractivity contribution < 1.29 is 36.2 Å². The number of hydrogen-bond acceptors (Lipinski definition) is 5. The number of methoxy groups -OCH3 is 2. The smallest absolute Gasteiger partial charge is 0.415 e. The van der Waals surface area contributed by atoms with E-state index < -0.39 is 28.8 Å². The summed E-state index contributed by atoms with van der Waals surface area (Å²) in [6.07, 6.45) is -7.69. The molecule has 0 aliphatic heterocycles. The third kappa shape index (κ3) is 4.48. The quantitative estimate of drug-likeness (QED) is 0.810. The van der Waals surface area contributed by atoms with Gasteiger partial charge >= 0.3 is 6.18 Å². The highest BCUT2D eigenvalue weighted by atomic mass is 32.2. The maximum atomic E-state index is 12.1. The van der Waals surface area contributed by atoms with Crippen LogP contribution in [0, 0.1) is 0 Å². The minimum Gasteiger partial charge on any atom is -0.493 e. The largest absolute Gasteiger partial charge is 0.493 e. The Bertz CT molecular complexity index is 588. The number of aliphatic hydroxyl groups is 1. The van der Waals surface area contributed by atoms with Crippen molar-refractivity contribution in [3.05, 3.63) is 18.2 Å². The van der Waals surface area contributed by atoms with Crippen LogP contribution >= 0.6 is 0 Å². The molecule has 0 spiro atoms. The Morgan fingerprint density at radius 3 is 2.29 bits per heavy atom. The summed E-state index contributed by atoms with van der Waals surface area (Å²) in [5.74, 6) is 0.378. The summed E-state index contributed by atoms with van der Waals surface area (Å²) in [6, 6.07) is 3.54. The van der Waals surface area contributed by atoms with Gasteiger partial charge in [-0.05, 0) is 12.1 Å². The van der Waals surface area contributed by atoms with E-state index >= 15 is 0 Å². The number of halogens is 3. The van der Waals surface area contributed by atoms with Crippen LogP contribution in [-0.4, -0.2) is 46.6 Å². The van der Waals surface area contributed by atoms with E-state index in [0.717, 1.165) is 12.1 Å². The van der Waals surface area contributed by atoms with Gasteiger partial charge in [-0.1, -0.05) is 0 Å². The molecular formula is C11H14F3NO5S. The Labute approximate surface area is 119 Å². The predicted octanol–water partition coefficient (Wildman–Crippen LogP) is 0.905. The summed E-state index contributed by atoms with van der Waals surface area (Å²) in [5.41, 5.74) is 0. The number of aliphatic hydroxyl groups excluding tert-OH is 1. The summed E-state index contributed by atoms with van der Waals surface area (Å²) in [5, 5.41) is 8.78. The fraction of sp³-hybridized carbons (Fsp3) is 0.455. The molecule has 10 heteroatoms. The standard InChI is InChI=1S/C11H14F3NO5S/c1-19-8-4-3-7(5-9(8)20-2)21(17,18)15-6-10(16)11(12,13)14/h3-5,10,15-16H,6H2,1-2H3. The van der Waals surface area contributed by atoms with Gasteiger partial charge in [0, 0.05) is 12.6 Å². The van der Waals surface area contributed by atoms with Crippen LogP contribution in [0.3, 0.4) is 0 Å². The average Bonchev–Trinajstić information content (AvgIpc) is 2.42. The molecule has 1 rings (SSSR count). The molecule has 0 saturated heterocycles. The molecule has 6 nitrogen and oxygen atoms in total. The van der Waals surface area contributed by atoms with E-state index in [0.29, 0.717) is 0 Å². The highest BCUT2D eigenvalue weighted by Crippen LogP contribution is 2.29. The van der Waals surface area contributed by atoms with Gasteiger partial charge in [-0.15, -0.1) is 0 Å². The number of ether oxygens (including phenoxy) is 2. The highest BCUT2D eigenvalue weighted by Gasteiger charge is 2.38. The normalized spacial score (nSPS) is 13.8. The molecular weight excluding hydrogens is 315 g/mol. The highest BCUT2D eigenvalue weighted by molar-refractivity contribution is 7.89. The molecule has 1 unspecified atom stereocenters. The molecule has 1 aromatic carbocycles. The van der Waals surface area contributed by atoms with Gasteiger partial charge in [0.2, 0.25) is 10.0 Å². The van der Waals surface area contributed by atoms with E-state index in [-0.39, 0.29) is 16.4 Å². The predicted molar refractivity (Wildman–Crippen MR) is 66.8 cm³/mol. The number of hydrogen-bond donors (Lipinski definition) is 2. The molecule has 0 amide bonds. The van der Waals surface area contributed by atoms with E-state index in [1.54, 1.807) is 4.72 Å². The lowest BCUT2D eigenvalue weighted by Gasteiger charge is -2.15. The molecule has 0 heterocycles. The maximum absolute atomic E-state index is 12.1. The van der Waals surface area contributed by atoms with Crippen LogP contribution in [0.25, 0.3) is 0 Å². The van der Waals surface area contributed by atoms with Crippen LogP contribution in [0.1, 0.15) is 0 Å². The summed E-state index contributed by atoms with van der Waals surface area (Å²) < 4.78 is 71.6. The third-order valence-electron chi connectivity index (χ3n) is 2.51. The summed E-state index contributed by atoms with van der Waals surface area (Å²) in [4.78, 5) is -0.311. The van der Waals surface area contributed by atoms with E-state index in [1.165, 1.54) is 20.3 Å². The first-order valence-corrected chi connectivity index (χ1v) is 7.06. The van der Waals surface area contributed by atoms with Gasteiger partial charge in [0.15, 0.2) is 17.6 Å². The van der Waals surface area contributed by atoms with Gasteiger partial charge in [0.05, 0.1) is 19.1 Å². The van der Waals surface area contributed by atoms with Gasteiger partial charge < -0.3 is 14.6 Å². The van der Waals surface area contributed by atoms with Gasteiger partial charge in [0.25, 0.3) is 0 Å². The molecule has 1 atom stereocenters. The number of alkyl halides is 3. The second kappa shape index (κ2) is 6.50. The van der Waals surface area contributed by atoms with Crippen LogP contribution in [-0.2, 0) is 10.0 Å². The first kappa shape index (κ1) is 17.5. The SMILES string of the molecule is COc1ccc(S(=O)(=O)NCC(O)C(F)(F)F)cc1OC. The van der Waals surface area contributed by atoms with Crippen LogP contribution < -0.4 is 14.2 Å². The average molecular weight is 329 g/mol. The monoisotopic (exact) mass is 329 g/mol. The molecule has 0 fully saturated rings. The molecule has 0 aliphatic rings. The molecule has 0 bridgehead atoms. The van der Waals surface area contributed by atoms with E-state index in [2.05, 4.69) is 0 Å². The van der Waals surface area contributed by atoms with E-state index in [1.807, 2.05) is 0 Å². The van der Waals surface area contributed by atoms with E-state index in [4.69, 9.17) is 14.6 Å². The van der Waals surface area contributed by atoms with E-state index in [9.17, 15) is 21.6 Å². The van der Waals surface area contributed by atoms with Gasteiger partial charge in [-0.2, -0.15) is 13.2 Å². The third-order valence-corrected chi connectivity index (χ3v) is 3.93. The zero-order chi connectivity index (χ0) is 16.3. The van der Waals surface area contributed by atoms with Crippen LogP contribution in [0.2, 0.25) is 0 Å². The minimum atomic E-state index is -4.90. The summed E-state index contributed by atoms with van der Waals surface area (Å²) in [6.45, 7) is -1.18. The Morgan fingerprint density at radius 2 is 1.81 bits per heavy atom. The lowest BCUT2D eigenvalue weighted by atomic mass is 10.3. The van der Waals surface area contributed by atoms with Crippen molar-refractivity contribution in [2.45, 2.75) is 17.2 Å². The summed E-state index contributed by atoms with van der Waals surface area (Å²) in [7, 11) is -1.58. The molecule has 2 N–H and O–H groups in total. The fourth-order valence-electron chi connectivity index (χ4n) is 1.37. The zero-order valence-corrected chi connectivity index (χ0v) is 12.0. The van der Waals surface area contributed by atoms with Crippen molar-refractivity contribution in [2.24, 2.45) is 0 Å². The summed E-state index contributed by atoms with van der Waals surface area (Å²) >= 11 is 0. The molecule has 0 aromatic heterocycles. The molecule has 0 radical (unpaired) electrons. The van der Waals surface area contributed by atoms with Crippen LogP contribution in [0.4, 0.5) is 13.2 Å². The minimum absolute atomic E-state index is 0.108. The first-order valence-electron chi connectivity index (χ1n) is 5.58. The van der Waals surface area contributed by atoms with Crippen molar-refractivity contribution in [1.82, 2.24) is 4.72 Å². The van der Waals surface area contributed by atoms with Gasteiger partial charge in [0.1, 0.15) is 0 Å². The topological polar surface area (TPSA) is 84.9 Å². The van der Waals surface area contributed by atoms with Crippen molar-refractivity contribution in [2.75, 3.05) is 20.8 Å². The zero-order valence-electron chi connectivity index (χ0n) is 11.1. The van der Waals surface area contributed by atoms with Crippen molar-refractivity contribution in [3.8, 4) is 11.5 Å². The second-order valence-electron chi connectivity index (χ2n) is 3.93. The molecule has 120 valence electrons. The first-order chi connectivity index (χ1) is 9.61. The van der Waals surface area contributed by atoms with Gasteiger partial charge in [-0.25, -0.2) is 13.1 Å². The van der Waals surface area contributed by atoms with Crippen LogP contribution in [0.15, 0.2) is 23.1 Å². The Kier molecular flexibility index (Phi) is 5.42. The van der Waals surface area contributed by atoms with Crippen molar-refractivity contribution >= 4 is 10.0 Å². The number of benzene rings is 1. The Morgan fingerprint density at radius 1 is 1.24 bits per heavy atom. The van der Waals surface area contributed by atoms with Crippen molar-refractivity contribution in [3.63, 3.8) is 0 Å². The molecule has 0 aliphatic carbocycles. The Balaban J connectivity index is 2.93. The van der Waals surface area contributed by atoms with Gasteiger partial charge in [-0.3, -0.25) is 0 Å². The molecule has 21 heavy (non-hydrogen) atoms. The molecule has 1 aromatic rings. The number of sulfonamides is 1. The number of rotatable bonds is 6. The lowest BCUT2D eigenvalue weighted by molar-refractivity contribution is -0.200. The second-order valence-corrected chi connectivity index (χ2v) is 5.69.